The van der Waals surface area contributed by atoms with Gasteiger partial charge in [0.15, 0.2) is 0 Å². The quantitative estimate of drug-likeness (QED) is 0.340. The average Bonchev–Trinajstić information content (AvgIpc) is 3.35. The molecule has 0 fully saturated rings. The highest BCUT2D eigenvalue weighted by Gasteiger charge is 2.18. The molecule has 0 bridgehead atoms. The first-order valence-corrected chi connectivity index (χ1v) is 10.5. The van der Waals surface area contributed by atoms with Gasteiger partial charge in [0.05, 0.1) is 5.56 Å². The number of para-hydroxylation sites is 1. The van der Waals surface area contributed by atoms with Crippen molar-refractivity contribution < 1.29 is 14.3 Å². The van der Waals surface area contributed by atoms with E-state index in [9.17, 15) is 9.90 Å². The second-order valence-electron chi connectivity index (χ2n) is 7.51. The molecule has 3 heterocycles. The Morgan fingerprint density at radius 1 is 1.15 bits per heavy atom. The van der Waals surface area contributed by atoms with Crippen LogP contribution in [0.3, 0.4) is 0 Å². The van der Waals surface area contributed by atoms with Crippen LogP contribution < -0.4 is 16.0 Å². The third-order valence-corrected chi connectivity index (χ3v) is 5.34. The lowest BCUT2D eigenvalue weighted by atomic mass is 10.00. The maximum absolute atomic E-state index is 12.0. The Bertz CT molecular complexity index is 1290. The molecule has 2 aromatic heterocycles. The van der Waals surface area contributed by atoms with Crippen LogP contribution in [0.25, 0.3) is 11.5 Å². The van der Waals surface area contributed by atoms with Crippen LogP contribution in [0.2, 0.25) is 0 Å². The fourth-order valence-electron chi connectivity index (χ4n) is 3.70. The zero-order chi connectivity index (χ0) is 22.6. The third-order valence-electron chi connectivity index (χ3n) is 5.34. The molecule has 10 heteroatoms. The second-order valence-corrected chi connectivity index (χ2v) is 7.51. The number of rotatable bonds is 7. The number of benzene rings is 2. The van der Waals surface area contributed by atoms with Gasteiger partial charge in [-0.3, -0.25) is 4.79 Å². The molecule has 166 valence electrons. The minimum absolute atomic E-state index is 0.0566. The van der Waals surface area contributed by atoms with Gasteiger partial charge in [-0.05, 0) is 48.2 Å². The summed E-state index contributed by atoms with van der Waals surface area (Å²) in [4.78, 5) is 21.0. The van der Waals surface area contributed by atoms with E-state index in [0.29, 0.717) is 48.3 Å². The Kier molecular flexibility index (Phi) is 5.54. The van der Waals surface area contributed by atoms with Gasteiger partial charge in [0.1, 0.15) is 11.6 Å². The zero-order valence-corrected chi connectivity index (χ0v) is 17.6. The van der Waals surface area contributed by atoms with Gasteiger partial charge < -0.3 is 25.5 Å². The van der Waals surface area contributed by atoms with E-state index in [1.807, 2.05) is 24.3 Å². The van der Waals surface area contributed by atoms with Gasteiger partial charge in [-0.2, -0.15) is 4.98 Å². The summed E-state index contributed by atoms with van der Waals surface area (Å²) in [5.41, 5.74) is 3.85. The van der Waals surface area contributed by atoms with Crippen molar-refractivity contribution in [2.75, 3.05) is 23.7 Å². The van der Waals surface area contributed by atoms with Crippen molar-refractivity contribution in [2.45, 2.75) is 12.8 Å². The number of hydrogen-bond acceptors (Lipinski definition) is 9. The molecule has 33 heavy (non-hydrogen) atoms. The van der Waals surface area contributed by atoms with Gasteiger partial charge in [0.25, 0.3) is 11.8 Å². The van der Waals surface area contributed by atoms with Gasteiger partial charge in [-0.1, -0.05) is 18.2 Å². The van der Waals surface area contributed by atoms with Gasteiger partial charge in [-0.15, -0.1) is 10.2 Å². The highest BCUT2D eigenvalue weighted by atomic mass is 16.4. The Hall–Kier alpha value is -4.47. The van der Waals surface area contributed by atoms with Crippen LogP contribution >= 0.6 is 0 Å². The number of nitrogens with one attached hydrogen (secondary N) is 3. The van der Waals surface area contributed by atoms with Crippen LogP contribution in [-0.2, 0) is 12.8 Å². The normalized spacial score (nSPS) is 12.7. The third kappa shape index (κ3) is 4.45. The molecular formula is C23H21N7O3. The van der Waals surface area contributed by atoms with Crippen molar-refractivity contribution in [3.63, 3.8) is 0 Å². The van der Waals surface area contributed by atoms with E-state index in [0.717, 1.165) is 23.2 Å². The number of amides is 1. The Morgan fingerprint density at radius 3 is 2.91 bits per heavy atom. The monoisotopic (exact) mass is 443 g/mol. The Balaban J connectivity index is 1.37. The van der Waals surface area contributed by atoms with E-state index in [-0.39, 0.29) is 11.7 Å². The summed E-state index contributed by atoms with van der Waals surface area (Å²) >= 11 is 0. The van der Waals surface area contributed by atoms with Gasteiger partial charge in [-0.25, -0.2) is 4.98 Å². The SMILES string of the molecule is O=C1NCCc2cc(Nc3ncc(-c4nnco4)c(NCCc4ccccc4O)n3)ccc21. The predicted octanol–water partition coefficient (Wildman–Crippen LogP) is 2.92. The molecule has 5 rings (SSSR count). The molecule has 10 nitrogen and oxygen atoms in total. The number of aromatic hydroxyl groups is 1. The maximum Gasteiger partial charge on any atom is 0.252 e. The smallest absolute Gasteiger partial charge is 0.252 e. The number of anilines is 3. The summed E-state index contributed by atoms with van der Waals surface area (Å²) in [6.07, 6.45) is 4.22. The van der Waals surface area contributed by atoms with Crippen molar-refractivity contribution in [2.24, 2.45) is 0 Å². The molecular weight excluding hydrogens is 422 g/mol. The van der Waals surface area contributed by atoms with Gasteiger partial charge >= 0.3 is 0 Å². The number of fused-ring (bicyclic) bond motifs is 1. The molecule has 0 aliphatic carbocycles. The van der Waals surface area contributed by atoms with Crippen LogP contribution in [0.1, 0.15) is 21.5 Å². The lowest BCUT2D eigenvalue weighted by molar-refractivity contribution is 0.0946. The molecule has 4 aromatic rings. The number of carbonyl (C=O) groups excluding carboxylic acids is 1. The number of phenols is 1. The van der Waals surface area contributed by atoms with Crippen molar-refractivity contribution in [3.05, 3.63) is 71.7 Å². The Morgan fingerprint density at radius 2 is 2.06 bits per heavy atom. The zero-order valence-electron chi connectivity index (χ0n) is 17.6. The van der Waals surface area contributed by atoms with E-state index in [4.69, 9.17) is 4.42 Å². The summed E-state index contributed by atoms with van der Waals surface area (Å²) in [6.45, 7) is 1.14. The van der Waals surface area contributed by atoms with Gasteiger partial charge in [0, 0.05) is 30.5 Å². The molecule has 0 spiro atoms. The summed E-state index contributed by atoms with van der Waals surface area (Å²) in [6, 6.07) is 12.8. The van der Waals surface area contributed by atoms with Crippen molar-refractivity contribution in [1.29, 1.82) is 0 Å². The minimum Gasteiger partial charge on any atom is -0.508 e. The number of hydrogen-bond donors (Lipinski definition) is 4. The molecule has 0 unspecified atom stereocenters. The van der Waals surface area contributed by atoms with Crippen LogP contribution in [0.4, 0.5) is 17.5 Å². The van der Waals surface area contributed by atoms with Crippen LogP contribution in [-0.4, -0.2) is 44.3 Å². The van der Waals surface area contributed by atoms with Crippen molar-refractivity contribution in [1.82, 2.24) is 25.5 Å². The topological polar surface area (TPSA) is 138 Å². The number of nitrogens with zero attached hydrogens (tertiary/aromatic N) is 4. The van der Waals surface area contributed by atoms with Crippen LogP contribution in [0.5, 0.6) is 5.75 Å². The minimum atomic E-state index is -0.0566. The van der Waals surface area contributed by atoms with E-state index in [1.165, 1.54) is 6.39 Å². The summed E-state index contributed by atoms with van der Waals surface area (Å²) in [5.74, 6) is 1.39. The molecule has 1 aliphatic rings. The van der Waals surface area contributed by atoms with Crippen molar-refractivity contribution in [3.8, 4) is 17.2 Å². The molecule has 2 aromatic carbocycles. The molecule has 1 aliphatic heterocycles. The highest BCUT2D eigenvalue weighted by Crippen LogP contribution is 2.27. The lowest BCUT2D eigenvalue weighted by Gasteiger charge is -2.17. The molecule has 0 saturated carbocycles. The van der Waals surface area contributed by atoms with E-state index < -0.39 is 0 Å². The second kappa shape index (κ2) is 8.95. The maximum atomic E-state index is 12.0. The molecule has 4 N–H and O–H groups in total. The molecule has 0 atom stereocenters. The number of carbonyl (C=O) groups is 1. The first kappa shape index (κ1) is 20.4. The highest BCUT2D eigenvalue weighted by molar-refractivity contribution is 5.97. The van der Waals surface area contributed by atoms with Crippen molar-refractivity contribution >= 4 is 23.4 Å². The fourth-order valence-corrected chi connectivity index (χ4v) is 3.70. The van der Waals surface area contributed by atoms with Crippen LogP contribution in [0.15, 0.2) is 59.5 Å². The standard InChI is InChI=1S/C23H21N7O3/c31-19-4-2-1-3-14(19)7-9-24-20-18(22-30-27-13-33-22)12-26-23(29-20)28-16-5-6-17-15(11-16)8-10-25-21(17)32/h1-6,11-13,31H,7-10H2,(H,25,32)(H2,24,26,28,29). The number of phenolic OH excluding ortho intramolecular Hbond substituents is 1. The molecule has 0 saturated heterocycles. The van der Waals surface area contributed by atoms with Gasteiger partial charge in [0.2, 0.25) is 12.3 Å². The molecule has 1 amide bonds. The first-order chi connectivity index (χ1) is 16.2. The summed E-state index contributed by atoms with van der Waals surface area (Å²) in [7, 11) is 0. The summed E-state index contributed by atoms with van der Waals surface area (Å²) < 4.78 is 5.33. The molecule has 0 radical (unpaired) electrons. The largest absolute Gasteiger partial charge is 0.508 e. The van der Waals surface area contributed by atoms with E-state index >= 15 is 0 Å². The fraction of sp³-hybridized carbons (Fsp3) is 0.174. The van der Waals surface area contributed by atoms with E-state index in [2.05, 4.69) is 36.1 Å². The Labute approximate surface area is 189 Å². The van der Waals surface area contributed by atoms with Crippen LogP contribution in [0, 0.1) is 0 Å². The number of aromatic nitrogens is 4. The summed E-state index contributed by atoms with van der Waals surface area (Å²) in [5, 5.41) is 27.0. The lowest BCUT2D eigenvalue weighted by Crippen LogP contribution is -2.31. The first-order valence-electron chi connectivity index (χ1n) is 10.5. The van der Waals surface area contributed by atoms with E-state index in [1.54, 1.807) is 24.4 Å². The average molecular weight is 443 g/mol. The predicted molar refractivity (Wildman–Crippen MR) is 121 cm³/mol.